The van der Waals surface area contributed by atoms with Crippen molar-refractivity contribution >= 4 is 11.9 Å². The maximum atomic E-state index is 11.7. The normalized spacial score (nSPS) is 11.8. The van der Waals surface area contributed by atoms with Crippen LogP contribution in [0.1, 0.15) is 97.8 Å². The van der Waals surface area contributed by atoms with Gasteiger partial charge in [0, 0.05) is 6.42 Å². The first-order valence-electron chi connectivity index (χ1n) is 9.49. The second-order valence-electron chi connectivity index (χ2n) is 6.89. The molecule has 0 radical (unpaired) electrons. The number of rotatable bonds is 15. The molecule has 24 heavy (non-hydrogen) atoms. The topological polar surface area (TPSA) is 69.2 Å². The molecule has 0 aliphatic carbocycles. The molecular formula is C19H36NNaO3. The van der Waals surface area contributed by atoms with E-state index >= 15 is 0 Å². The molecule has 136 valence electrons. The van der Waals surface area contributed by atoms with Gasteiger partial charge in [-0.1, -0.05) is 85.0 Å². The standard InChI is InChI=1S/C19H37NO3.Na/c1-4-5-6-7-8-9-10-11-12-13-14-15-17(21)20-18(16(2)3)19(22)23;/h16,18H,4-15H2,1-3H3,(H,20,21)(H,22,23);/q;+1/p-1/t18-;/m0./s1. The molecule has 0 fully saturated rings. The number of aliphatic carboxylic acids is 1. The van der Waals surface area contributed by atoms with Crippen molar-refractivity contribution in [3.05, 3.63) is 0 Å². The predicted octanol–water partition coefficient (Wildman–Crippen LogP) is 0.582. The Morgan fingerprint density at radius 1 is 0.833 bits per heavy atom. The van der Waals surface area contributed by atoms with Crippen LogP contribution in [0.3, 0.4) is 0 Å². The van der Waals surface area contributed by atoms with E-state index in [1.807, 2.05) is 0 Å². The first-order valence-corrected chi connectivity index (χ1v) is 9.49. The monoisotopic (exact) mass is 349 g/mol. The number of hydrogen-bond donors (Lipinski definition) is 1. The van der Waals surface area contributed by atoms with Gasteiger partial charge in [0.1, 0.15) is 0 Å². The number of carboxylic acids is 1. The van der Waals surface area contributed by atoms with E-state index < -0.39 is 12.0 Å². The van der Waals surface area contributed by atoms with Crippen LogP contribution in [0.25, 0.3) is 0 Å². The number of nitrogens with one attached hydrogen (secondary N) is 1. The Morgan fingerprint density at radius 3 is 1.62 bits per heavy atom. The average molecular weight is 349 g/mol. The Labute approximate surface area is 170 Å². The minimum absolute atomic E-state index is 0. The van der Waals surface area contributed by atoms with Gasteiger partial charge in [0.05, 0.1) is 12.0 Å². The molecule has 0 unspecified atom stereocenters. The summed E-state index contributed by atoms with van der Waals surface area (Å²) in [6.07, 6.45) is 14.0. The summed E-state index contributed by atoms with van der Waals surface area (Å²) in [6.45, 7) is 5.77. The molecule has 0 saturated heterocycles. The van der Waals surface area contributed by atoms with Gasteiger partial charge >= 0.3 is 29.6 Å². The number of carbonyl (C=O) groups excluding carboxylic acids is 2. The van der Waals surface area contributed by atoms with Crippen LogP contribution in [-0.2, 0) is 9.59 Å². The molecule has 0 bridgehead atoms. The van der Waals surface area contributed by atoms with Crippen molar-refractivity contribution in [2.75, 3.05) is 0 Å². The van der Waals surface area contributed by atoms with Crippen molar-refractivity contribution in [2.45, 2.75) is 104 Å². The Bertz CT molecular complexity index is 322. The quantitative estimate of drug-likeness (QED) is 0.347. The fourth-order valence-electron chi connectivity index (χ4n) is 2.69. The van der Waals surface area contributed by atoms with E-state index in [1.165, 1.54) is 51.4 Å². The van der Waals surface area contributed by atoms with E-state index in [-0.39, 0.29) is 41.4 Å². The SMILES string of the molecule is CCCCCCCCCCCCCC(=O)N[C@H](C(=O)[O-])C(C)C.[Na+]. The van der Waals surface area contributed by atoms with Gasteiger partial charge in [0.25, 0.3) is 0 Å². The Kier molecular flexibility index (Phi) is 19.4. The molecular weight excluding hydrogens is 313 g/mol. The van der Waals surface area contributed by atoms with Crippen molar-refractivity contribution in [3.63, 3.8) is 0 Å². The van der Waals surface area contributed by atoms with Gasteiger partial charge in [-0.2, -0.15) is 0 Å². The van der Waals surface area contributed by atoms with Crippen molar-refractivity contribution < 1.29 is 44.3 Å². The first kappa shape index (κ1) is 26.2. The van der Waals surface area contributed by atoms with E-state index in [0.29, 0.717) is 6.42 Å². The largest absolute Gasteiger partial charge is 1.00 e. The molecule has 0 heterocycles. The average Bonchev–Trinajstić information content (AvgIpc) is 2.49. The van der Waals surface area contributed by atoms with Crippen LogP contribution >= 0.6 is 0 Å². The Balaban J connectivity index is 0. The van der Waals surface area contributed by atoms with E-state index in [1.54, 1.807) is 13.8 Å². The molecule has 0 aromatic heterocycles. The third-order valence-electron chi connectivity index (χ3n) is 4.24. The minimum atomic E-state index is -1.20. The second-order valence-corrected chi connectivity index (χ2v) is 6.89. The number of carbonyl (C=O) groups is 2. The zero-order chi connectivity index (χ0) is 17.5. The Morgan fingerprint density at radius 2 is 1.25 bits per heavy atom. The molecule has 0 rings (SSSR count). The maximum Gasteiger partial charge on any atom is 1.00 e. The van der Waals surface area contributed by atoms with Crippen molar-refractivity contribution in [1.82, 2.24) is 5.32 Å². The van der Waals surface area contributed by atoms with Crippen LogP contribution < -0.4 is 40.0 Å². The molecule has 0 aliphatic heterocycles. The van der Waals surface area contributed by atoms with Gasteiger partial charge in [0.15, 0.2) is 0 Å². The molecule has 4 nitrogen and oxygen atoms in total. The van der Waals surface area contributed by atoms with Crippen LogP contribution in [0.4, 0.5) is 0 Å². The zero-order valence-electron chi connectivity index (χ0n) is 16.4. The summed E-state index contributed by atoms with van der Waals surface area (Å²) in [6, 6.07) is -0.879. The molecule has 5 heteroatoms. The smallest absolute Gasteiger partial charge is 0.548 e. The summed E-state index contributed by atoms with van der Waals surface area (Å²) < 4.78 is 0. The van der Waals surface area contributed by atoms with Crippen LogP contribution in [0.2, 0.25) is 0 Å². The summed E-state index contributed by atoms with van der Waals surface area (Å²) in [5, 5.41) is 13.5. The summed E-state index contributed by atoms with van der Waals surface area (Å²) in [5.74, 6) is -1.53. The number of carboxylic acid groups (broad SMARTS) is 1. The molecule has 1 amide bonds. The van der Waals surface area contributed by atoms with Gasteiger partial charge in [-0.25, -0.2) is 0 Å². The van der Waals surface area contributed by atoms with Gasteiger partial charge in [-0.3, -0.25) is 4.79 Å². The van der Waals surface area contributed by atoms with Crippen LogP contribution in [-0.4, -0.2) is 17.9 Å². The van der Waals surface area contributed by atoms with Gasteiger partial charge in [-0.15, -0.1) is 0 Å². The van der Waals surface area contributed by atoms with E-state index in [4.69, 9.17) is 0 Å². The van der Waals surface area contributed by atoms with Gasteiger partial charge in [0.2, 0.25) is 5.91 Å². The fraction of sp³-hybridized carbons (Fsp3) is 0.895. The summed E-state index contributed by atoms with van der Waals surface area (Å²) in [5.41, 5.74) is 0. The molecule has 0 aliphatic rings. The van der Waals surface area contributed by atoms with Crippen LogP contribution in [0, 0.1) is 5.92 Å². The Hall–Kier alpha value is -0.0600. The third kappa shape index (κ3) is 15.5. The predicted molar refractivity (Wildman–Crippen MR) is 92.9 cm³/mol. The molecule has 1 N–H and O–H groups in total. The second kappa shape index (κ2) is 17.8. The summed E-state index contributed by atoms with van der Waals surface area (Å²) >= 11 is 0. The number of unbranched alkanes of at least 4 members (excludes halogenated alkanes) is 10. The maximum absolute atomic E-state index is 11.7. The van der Waals surface area contributed by atoms with E-state index in [2.05, 4.69) is 12.2 Å². The third-order valence-corrected chi connectivity index (χ3v) is 4.24. The van der Waals surface area contributed by atoms with Crippen LogP contribution in [0.5, 0.6) is 0 Å². The molecule has 0 saturated carbocycles. The minimum Gasteiger partial charge on any atom is -0.548 e. The fourth-order valence-corrected chi connectivity index (χ4v) is 2.69. The summed E-state index contributed by atoms with van der Waals surface area (Å²) in [4.78, 5) is 22.6. The van der Waals surface area contributed by atoms with Crippen LogP contribution in [0.15, 0.2) is 0 Å². The van der Waals surface area contributed by atoms with E-state index in [9.17, 15) is 14.7 Å². The summed E-state index contributed by atoms with van der Waals surface area (Å²) in [7, 11) is 0. The van der Waals surface area contributed by atoms with Crippen molar-refractivity contribution in [1.29, 1.82) is 0 Å². The molecule has 1 atom stereocenters. The first-order chi connectivity index (χ1) is 11.0. The number of amides is 1. The van der Waals surface area contributed by atoms with E-state index in [0.717, 1.165) is 19.3 Å². The van der Waals surface area contributed by atoms with Crippen molar-refractivity contribution in [2.24, 2.45) is 5.92 Å². The van der Waals surface area contributed by atoms with Gasteiger partial charge in [-0.05, 0) is 12.3 Å². The molecule has 0 spiro atoms. The van der Waals surface area contributed by atoms with Gasteiger partial charge < -0.3 is 15.2 Å². The molecule has 0 aromatic carbocycles. The zero-order valence-corrected chi connectivity index (χ0v) is 18.4. The number of hydrogen-bond acceptors (Lipinski definition) is 3. The molecule has 0 aromatic rings. The van der Waals surface area contributed by atoms with Crippen molar-refractivity contribution in [3.8, 4) is 0 Å².